The number of alkyl halides is 3. The van der Waals surface area contributed by atoms with Gasteiger partial charge in [0.15, 0.2) is 5.60 Å². The maximum Gasteiger partial charge on any atom is 0.311 e. The topological polar surface area (TPSA) is 69.4 Å². The Bertz CT molecular complexity index is 501. The van der Waals surface area contributed by atoms with E-state index in [1.54, 1.807) is 0 Å². The first-order valence-electron chi connectivity index (χ1n) is 4.80. The predicted molar refractivity (Wildman–Crippen MR) is 65.8 cm³/mol. The second kappa shape index (κ2) is 4.26. The number of carbonyl (C=O) groups excluding carboxylic acids is 1. The number of cyclic esters (lactones) is 1. The van der Waals surface area contributed by atoms with Crippen LogP contribution in [0.25, 0.3) is 0 Å². The third-order valence-electron chi connectivity index (χ3n) is 2.68. The number of rotatable bonds is 2. The largest absolute Gasteiger partial charge is 0.449 e. The summed E-state index contributed by atoms with van der Waals surface area (Å²) in [5.74, 6) is -0.486. The van der Waals surface area contributed by atoms with Gasteiger partial charge in [-0.05, 0) is 12.1 Å². The fourth-order valence-corrected chi connectivity index (χ4v) is 2.37. The molecule has 2 rings (SSSR count). The molecule has 0 aliphatic carbocycles. The van der Waals surface area contributed by atoms with Gasteiger partial charge in [0.25, 0.3) is 5.69 Å². The molecule has 5 nitrogen and oxygen atoms in total. The highest BCUT2D eigenvalue weighted by atomic mass is 35.6. The Morgan fingerprint density at radius 3 is 2.11 bits per heavy atom. The predicted octanol–water partition coefficient (Wildman–Crippen LogP) is 3.11. The van der Waals surface area contributed by atoms with Gasteiger partial charge in [0.1, 0.15) is 0 Å². The molecule has 1 atom stereocenters. The Morgan fingerprint density at radius 1 is 1.28 bits per heavy atom. The molecule has 0 radical (unpaired) electrons. The second-order valence-corrected chi connectivity index (χ2v) is 6.06. The molecule has 0 aromatic heterocycles. The van der Waals surface area contributed by atoms with E-state index in [4.69, 9.17) is 39.5 Å². The van der Waals surface area contributed by atoms with Crippen LogP contribution in [-0.4, -0.2) is 14.7 Å². The molecule has 0 saturated carbocycles. The smallest absolute Gasteiger partial charge is 0.311 e. The van der Waals surface area contributed by atoms with Crippen molar-refractivity contribution in [2.24, 2.45) is 0 Å². The number of nitro benzene ring substituents is 1. The second-order valence-electron chi connectivity index (χ2n) is 3.78. The number of benzene rings is 1. The van der Waals surface area contributed by atoms with Crippen LogP contribution >= 0.6 is 34.8 Å². The van der Waals surface area contributed by atoms with Crippen LogP contribution in [0.15, 0.2) is 24.3 Å². The number of hydrogen-bond donors (Lipinski definition) is 0. The molecule has 1 heterocycles. The molecule has 1 saturated heterocycles. The molecule has 8 heteroatoms. The molecule has 0 unspecified atom stereocenters. The van der Waals surface area contributed by atoms with Gasteiger partial charge in [-0.15, -0.1) is 0 Å². The third kappa shape index (κ3) is 2.02. The number of nitrogens with zero attached hydrogens (tertiary/aromatic N) is 1. The van der Waals surface area contributed by atoms with Gasteiger partial charge in [-0.1, -0.05) is 34.8 Å². The molecule has 1 fully saturated rings. The summed E-state index contributed by atoms with van der Waals surface area (Å²) in [7, 11) is 0. The molecule has 1 aromatic carbocycles. The molecule has 0 N–H and O–H groups in total. The Labute approximate surface area is 117 Å². The van der Waals surface area contributed by atoms with E-state index < -0.39 is 20.3 Å². The minimum absolute atomic E-state index is 0.0820. The monoisotopic (exact) mass is 309 g/mol. The molecule has 1 aliphatic rings. The van der Waals surface area contributed by atoms with Crippen LogP contribution in [-0.2, 0) is 15.1 Å². The van der Waals surface area contributed by atoms with Crippen LogP contribution in [0, 0.1) is 10.1 Å². The minimum atomic E-state index is -1.84. The maximum atomic E-state index is 11.0. The number of nitro groups is 1. The number of halogens is 3. The van der Waals surface area contributed by atoms with Crippen LogP contribution in [0.5, 0.6) is 0 Å². The van der Waals surface area contributed by atoms with Crippen LogP contribution in [0.4, 0.5) is 5.69 Å². The van der Waals surface area contributed by atoms with Gasteiger partial charge in [-0.25, -0.2) is 0 Å². The van der Waals surface area contributed by atoms with Gasteiger partial charge in [0.2, 0.25) is 3.79 Å². The fourth-order valence-electron chi connectivity index (χ4n) is 1.72. The zero-order valence-corrected chi connectivity index (χ0v) is 11.0. The summed E-state index contributed by atoms with van der Waals surface area (Å²) >= 11 is 17.4. The third-order valence-corrected chi connectivity index (χ3v) is 3.60. The fraction of sp³-hybridized carbons (Fsp3) is 0.300. The molecule has 1 aliphatic heterocycles. The van der Waals surface area contributed by atoms with E-state index in [1.807, 2.05) is 0 Å². The van der Waals surface area contributed by atoms with Gasteiger partial charge in [0.05, 0.1) is 11.3 Å². The van der Waals surface area contributed by atoms with Gasteiger partial charge in [0, 0.05) is 17.7 Å². The van der Waals surface area contributed by atoms with Crippen molar-refractivity contribution in [2.45, 2.75) is 15.8 Å². The van der Waals surface area contributed by atoms with Gasteiger partial charge in [-0.2, -0.15) is 0 Å². The average molecular weight is 311 g/mol. The van der Waals surface area contributed by atoms with E-state index in [1.165, 1.54) is 24.3 Å². The maximum absolute atomic E-state index is 11.0. The van der Waals surface area contributed by atoms with E-state index >= 15 is 0 Å². The zero-order valence-electron chi connectivity index (χ0n) is 8.73. The summed E-state index contributed by atoms with van der Waals surface area (Å²) in [6.45, 7) is 0. The highest BCUT2D eigenvalue weighted by Gasteiger charge is 2.61. The van der Waals surface area contributed by atoms with Gasteiger partial charge in [-0.3, -0.25) is 14.9 Å². The lowest BCUT2D eigenvalue weighted by Crippen LogP contribution is -2.54. The Morgan fingerprint density at radius 2 is 1.78 bits per heavy atom. The average Bonchev–Trinajstić information content (AvgIpc) is 2.23. The lowest BCUT2D eigenvalue weighted by molar-refractivity contribution is -0.384. The van der Waals surface area contributed by atoms with E-state index in [-0.39, 0.29) is 12.1 Å². The molecule has 18 heavy (non-hydrogen) atoms. The molecule has 0 bridgehead atoms. The number of esters is 1. The van der Waals surface area contributed by atoms with Crippen LogP contribution in [0.1, 0.15) is 12.0 Å². The van der Waals surface area contributed by atoms with Crippen LogP contribution in [0.2, 0.25) is 0 Å². The number of carbonyl (C=O) groups is 1. The SMILES string of the molecule is O=C1C[C@](c2ccc([N+](=O)[O-])cc2)(C(Cl)(Cl)Cl)O1. The van der Waals surface area contributed by atoms with Gasteiger partial charge >= 0.3 is 5.97 Å². The number of non-ortho nitro benzene ring substituents is 1. The van der Waals surface area contributed by atoms with Crippen molar-refractivity contribution in [3.05, 3.63) is 39.9 Å². The quantitative estimate of drug-likeness (QED) is 0.364. The van der Waals surface area contributed by atoms with Crippen molar-refractivity contribution in [2.75, 3.05) is 0 Å². The first kappa shape index (κ1) is 13.4. The van der Waals surface area contributed by atoms with Crippen LogP contribution < -0.4 is 0 Å². The van der Waals surface area contributed by atoms with Crippen molar-refractivity contribution in [1.82, 2.24) is 0 Å². The van der Waals surface area contributed by atoms with Crippen molar-refractivity contribution >= 4 is 46.5 Å². The molecular formula is C10H6Cl3NO4. The summed E-state index contributed by atoms with van der Waals surface area (Å²) in [6, 6.07) is 5.35. The summed E-state index contributed by atoms with van der Waals surface area (Å²) in [4.78, 5) is 21.0. The molecule has 96 valence electrons. The van der Waals surface area contributed by atoms with E-state index in [0.717, 1.165) is 0 Å². The summed E-state index contributed by atoms with van der Waals surface area (Å²) in [5.41, 5.74) is -1.05. The zero-order chi connectivity index (χ0) is 13.6. The molecular weight excluding hydrogens is 304 g/mol. The highest BCUT2D eigenvalue weighted by Crippen LogP contribution is 2.54. The standard InChI is InChI=1S/C10H6Cl3NO4/c11-10(12,13)9(5-8(15)18-9)6-1-3-7(4-2-6)14(16)17/h1-4H,5H2/t9-/m0/s1. The lowest BCUT2D eigenvalue weighted by Gasteiger charge is -2.45. The Kier molecular flexibility index (Phi) is 3.17. The minimum Gasteiger partial charge on any atom is -0.449 e. The first-order chi connectivity index (χ1) is 8.26. The van der Waals surface area contributed by atoms with Gasteiger partial charge < -0.3 is 4.74 Å². The Hall–Kier alpha value is -1.04. The highest BCUT2D eigenvalue weighted by molar-refractivity contribution is 6.68. The van der Waals surface area contributed by atoms with E-state index in [2.05, 4.69) is 0 Å². The number of hydrogen-bond acceptors (Lipinski definition) is 4. The molecule has 0 spiro atoms. The summed E-state index contributed by atoms with van der Waals surface area (Å²) < 4.78 is 3.14. The summed E-state index contributed by atoms with van der Waals surface area (Å²) in [6.07, 6.45) is -0.0820. The normalized spacial score (nSPS) is 23.2. The molecule has 1 aromatic rings. The summed E-state index contributed by atoms with van der Waals surface area (Å²) in [5, 5.41) is 10.5. The lowest BCUT2D eigenvalue weighted by atomic mass is 9.87. The van der Waals surface area contributed by atoms with Crippen molar-refractivity contribution in [3.63, 3.8) is 0 Å². The van der Waals surface area contributed by atoms with E-state index in [0.29, 0.717) is 5.56 Å². The van der Waals surface area contributed by atoms with Crippen molar-refractivity contribution in [1.29, 1.82) is 0 Å². The Balaban J connectivity index is 2.39. The van der Waals surface area contributed by atoms with E-state index in [9.17, 15) is 14.9 Å². The van der Waals surface area contributed by atoms with Crippen LogP contribution in [0.3, 0.4) is 0 Å². The number of ether oxygens (including phenoxy) is 1. The van der Waals surface area contributed by atoms with Crippen molar-refractivity contribution in [3.8, 4) is 0 Å². The molecule has 0 amide bonds. The van der Waals surface area contributed by atoms with Crippen molar-refractivity contribution < 1.29 is 14.5 Å². The first-order valence-corrected chi connectivity index (χ1v) is 5.93.